The van der Waals surface area contributed by atoms with Crippen LogP contribution in [0.15, 0.2) is 96.3 Å². The van der Waals surface area contributed by atoms with E-state index in [0.29, 0.717) is 75.7 Å². The van der Waals surface area contributed by atoms with E-state index < -0.39 is 56.8 Å². The van der Waals surface area contributed by atoms with Gasteiger partial charge in [0.25, 0.3) is 15.9 Å². The molecule has 3 aromatic carbocycles. The molecule has 0 fully saturated rings. The summed E-state index contributed by atoms with van der Waals surface area (Å²) in [4.78, 5) is 38.8. The fraction of sp³-hybridized carbons (Fsp3) is 0.195. The Hall–Kier alpha value is -6.59. The highest BCUT2D eigenvalue weighted by Gasteiger charge is 2.29. The molecular formula is C41H36F3N5O8S. The van der Waals surface area contributed by atoms with Gasteiger partial charge in [-0.2, -0.15) is 4.39 Å². The first kappa shape index (κ1) is 41.1. The molecule has 300 valence electrons. The second-order valence-corrected chi connectivity index (χ2v) is 14.3. The van der Waals surface area contributed by atoms with Gasteiger partial charge in [0.05, 0.1) is 55.3 Å². The number of rotatable bonds is 15. The van der Waals surface area contributed by atoms with Crippen LogP contribution in [0, 0.1) is 17.6 Å². The molecule has 17 heteroatoms. The summed E-state index contributed by atoms with van der Waals surface area (Å²) in [5, 5.41) is 2.82. The SMILES string of the molecule is CCOCc1cc(OC)c(-c2cnc(C[C@H](NC(=O)c3c(F)cc(NS(=O)(=O)c4ccc(-c5ccnc(F)c5)cc4)cc3F)C(=O)OC)c3cccnc23)c(OC)c1. The van der Waals surface area contributed by atoms with Crippen molar-refractivity contribution in [2.45, 2.75) is 30.9 Å². The zero-order chi connectivity index (χ0) is 41.6. The topological polar surface area (TPSA) is 168 Å². The Morgan fingerprint density at radius 3 is 2.14 bits per heavy atom. The van der Waals surface area contributed by atoms with Gasteiger partial charge in [-0.15, -0.1) is 0 Å². The molecule has 0 radical (unpaired) electrons. The molecule has 58 heavy (non-hydrogen) atoms. The van der Waals surface area contributed by atoms with E-state index in [1.54, 1.807) is 18.3 Å². The van der Waals surface area contributed by atoms with Crippen molar-refractivity contribution < 1.29 is 50.1 Å². The van der Waals surface area contributed by atoms with E-state index >= 15 is 8.78 Å². The molecule has 0 aliphatic heterocycles. The average molecular weight is 816 g/mol. The number of carbonyl (C=O) groups is 2. The maximum absolute atomic E-state index is 15.5. The van der Waals surface area contributed by atoms with Gasteiger partial charge in [0, 0.05) is 48.6 Å². The lowest BCUT2D eigenvalue weighted by atomic mass is 9.98. The number of nitrogens with zero attached hydrogens (tertiary/aromatic N) is 3. The molecule has 3 heterocycles. The first-order valence-corrected chi connectivity index (χ1v) is 19.0. The van der Waals surface area contributed by atoms with Crippen molar-refractivity contribution in [3.63, 3.8) is 0 Å². The monoisotopic (exact) mass is 815 g/mol. The minimum absolute atomic E-state index is 0.257. The molecule has 0 aliphatic rings. The number of hydrogen-bond donors (Lipinski definition) is 2. The minimum atomic E-state index is -4.37. The number of ether oxygens (including phenoxy) is 4. The molecule has 3 aromatic heterocycles. The fourth-order valence-electron chi connectivity index (χ4n) is 6.24. The molecule has 1 atom stereocenters. The molecule has 0 unspecified atom stereocenters. The third kappa shape index (κ3) is 8.85. The summed E-state index contributed by atoms with van der Waals surface area (Å²) < 4.78 is 94.7. The molecule has 0 saturated heterocycles. The summed E-state index contributed by atoms with van der Waals surface area (Å²) >= 11 is 0. The van der Waals surface area contributed by atoms with E-state index in [4.69, 9.17) is 18.9 Å². The molecule has 0 aliphatic carbocycles. The number of sulfonamides is 1. The molecule has 6 aromatic rings. The summed E-state index contributed by atoms with van der Waals surface area (Å²) in [6.07, 6.45) is 4.06. The van der Waals surface area contributed by atoms with E-state index in [1.165, 1.54) is 63.0 Å². The zero-order valence-electron chi connectivity index (χ0n) is 31.5. The third-order valence-electron chi connectivity index (χ3n) is 8.97. The van der Waals surface area contributed by atoms with Gasteiger partial charge in [-0.3, -0.25) is 19.5 Å². The lowest BCUT2D eigenvalue weighted by molar-refractivity contribution is -0.142. The highest BCUT2D eigenvalue weighted by molar-refractivity contribution is 7.92. The number of esters is 1. The van der Waals surface area contributed by atoms with E-state index in [9.17, 15) is 22.4 Å². The standard InChI is InChI=1S/C41H36F3N5O8S/c1-5-57-22-23-15-34(54-2)37(35(16-23)55-3)29-21-47-32(28-7-6-13-46-39(28)29)20-33(41(51)56-4)48-40(50)38-30(42)18-26(19-31(38)43)49-58(52,53)27-10-8-24(9-11-27)25-12-14-45-36(44)17-25/h6-19,21,33,49H,5,20,22H2,1-4H3,(H,48,50)/t33-/m0/s1. The second kappa shape index (κ2) is 17.7. The summed E-state index contributed by atoms with van der Waals surface area (Å²) in [6, 6.07) is 14.8. The lowest BCUT2D eigenvalue weighted by Crippen LogP contribution is -2.43. The molecule has 1 amide bonds. The number of benzene rings is 3. The van der Waals surface area contributed by atoms with Crippen LogP contribution in [0.2, 0.25) is 0 Å². The summed E-state index contributed by atoms with van der Waals surface area (Å²) in [6.45, 7) is 2.72. The third-order valence-corrected chi connectivity index (χ3v) is 10.4. The maximum Gasteiger partial charge on any atom is 0.328 e. The van der Waals surface area contributed by atoms with Crippen molar-refractivity contribution in [1.29, 1.82) is 0 Å². The van der Waals surface area contributed by atoms with Crippen molar-refractivity contribution in [2.75, 3.05) is 32.7 Å². The van der Waals surface area contributed by atoms with Gasteiger partial charge in [0.15, 0.2) is 0 Å². The van der Waals surface area contributed by atoms with Crippen LogP contribution >= 0.6 is 0 Å². The van der Waals surface area contributed by atoms with Crippen LogP contribution in [0.4, 0.5) is 18.9 Å². The van der Waals surface area contributed by atoms with E-state index in [1.807, 2.05) is 19.1 Å². The van der Waals surface area contributed by atoms with Gasteiger partial charge >= 0.3 is 5.97 Å². The maximum atomic E-state index is 15.5. The molecule has 0 spiro atoms. The summed E-state index contributed by atoms with van der Waals surface area (Å²) in [5.41, 5.74) is 2.00. The zero-order valence-corrected chi connectivity index (χ0v) is 32.3. The van der Waals surface area contributed by atoms with E-state index in [2.05, 4.69) is 25.0 Å². The predicted molar refractivity (Wildman–Crippen MR) is 207 cm³/mol. The Morgan fingerprint density at radius 2 is 1.52 bits per heavy atom. The highest BCUT2D eigenvalue weighted by Crippen LogP contribution is 2.42. The average Bonchev–Trinajstić information content (AvgIpc) is 3.21. The van der Waals surface area contributed by atoms with E-state index in [-0.39, 0.29) is 11.3 Å². The van der Waals surface area contributed by atoms with Gasteiger partial charge in [-0.05, 0) is 78.2 Å². The highest BCUT2D eigenvalue weighted by atomic mass is 32.2. The van der Waals surface area contributed by atoms with Gasteiger partial charge in [-0.1, -0.05) is 12.1 Å². The van der Waals surface area contributed by atoms with Crippen LogP contribution in [0.1, 0.15) is 28.5 Å². The minimum Gasteiger partial charge on any atom is -0.496 e. The molecule has 6 rings (SSSR count). The van der Waals surface area contributed by atoms with Crippen LogP contribution in [0.25, 0.3) is 33.2 Å². The van der Waals surface area contributed by atoms with Crippen molar-refractivity contribution in [3.8, 4) is 33.8 Å². The van der Waals surface area contributed by atoms with Crippen LogP contribution in [0.5, 0.6) is 11.5 Å². The Morgan fingerprint density at radius 1 is 0.828 bits per heavy atom. The van der Waals surface area contributed by atoms with Crippen LogP contribution in [-0.2, 0) is 37.3 Å². The number of fused-ring (bicyclic) bond motifs is 1. The van der Waals surface area contributed by atoms with Crippen LogP contribution in [-0.4, -0.2) is 69.2 Å². The van der Waals surface area contributed by atoms with Crippen molar-refractivity contribution in [3.05, 3.63) is 126 Å². The van der Waals surface area contributed by atoms with Crippen molar-refractivity contribution in [1.82, 2.24) is 20.3 Å². The quantitative estimate of drug-likeness (QED) is 0.0842. The molecular weight excluding hydrogens is 780 g/mol. The van der Waals surface area contributed by atoms with Gasteiger partial charge in [-0.25, -0.2) is 27.0 Å². The summed E-state index contributed by atoms with van der Waals surface area (Å²) in [7, 11) is -0.264. The lowest BCUT2D eigenvalue weighted by Gasteiger charge is -2.20. The first-order chi connectivity index (χ1) is 27.9. The second-order valence-electron chi connectivity index (χ2n) is 12.6. The number of methoxy groups -OCH3 is 3. The Kier molecular flexibility index (Phi) is 12.5. The number of hydrogen-bond acceptors (Lipinski definition) is 11. The summed E-state index contributed by atoms with van der Waals surface area (Å²) in [5.74, 6) is -4.87. The number of aromatic nitrogens is 3. The van der Waals surface area contributed by atoms with Gasteiger partial charge in [0.1, 0.15) is 34.7 Å². The number of nitrogens with one attached hydrogen (secondary N) is 2. The smallest absolute Gasteiger partial charge is 0.328 e. The van der Waals surface area contributed by atoms with E-state index in [0.717, 1.165) is 12.7 Å². The first-order valence-electron chi connectivity index (χ1n) is 17.6. The Bertz CT molecular complexity index is 2560. The molecule has 0 bridgehead atoms. The Balaban J connectivity index is 1.24. The number of halogens is 3. The van der Waals surface area contributed by atoms with Crippen LogP contribution in [0.3, 0.4) is 0 Å². The molecule has 0 saturated carbocycles. The van der Waals surface area contributed by atoms with Gasteiger partial charge < -0.3 is 24.3 Å². The van der Waals surface area contributed by atoms with Crippen LogP contribution < -0.4 is 19.5 Å². The predicted octanol–water partition coefficient (Wildman–Crippen LogP) is 6.64. The van der Waals surface area contributed by atoms with Gasteiger partial charge in [0.2, 0.25) is 5.95 Å². The largest absolute Gasteiger partial charge is 0.496 e. The van der Waals surface area contributed by atoms with Crippen molar-refractivity contribution in [2.24, 2.45) is 0 Å². The molecule has 13 nitrogen and oxygen atoms in total. The molecule has 2 N–H and O–H groups in total. The number of pyridine rings is 3. The number of amides is 1. The van der Waals surface area contributed by atoms with Crippen molar-refractivity contribution >= 4 is 38.5 Å². The fourth-order valence-corrected chi connectivity index (χ4v) is 7.28. The number of anilines is 1. The Labute approximate surface area is 331 Å². The number of carbonyl (C=O) groups excluding carboxylic acids is 2. The normalized spacial score (nSPS) is 11.8.